The molecule has 1 aromatic heterocycles. The zero-order chi connectivity index (χ0) is 20.8. The van der Waals surface area contributed by atoms with E-state index in [1.807, 2.05) is 84.9 Å². The molecule has 0 fully saturated rings. The minimum Gasteiger partial charge on any atom is -0.497 e. The number of hydrogen-bond acceptors (Lipinski definition) is 5. The van der Waals surface area contributed by atoms with Crippen molar-refractivity contribution in [2.24, 2.45) is 0 Å². The molecule has 146 valence electrons. The molecule has 3 aromatic carbocycles. The summed E-state index contributed by atoms with van der Waals surface area (Å²) in [5.74, 6) is 1.21. The fourth-order valence-corrected chi connectivity index (χ4v) is 3.28. The third kappa shape index (κ3) is 4.13. The summed E-state index contributed by atoms with van der Waals surface area (Å²) in [6.45, 7) is 0. The lowest BCUT2D eigenvalue weighted by molar-refractivity contribution is 0.400. The van der Waals surface area contributed by atoms with Crippen molar-refractivity contribution in [3.05, 3.63) is 113 Å². The van der Waals surface area contributed by atoms with E-state index in [-0.39, 0.29) is 11.8 Å². The number of rotatable bonds is 6. The molecule has 0 atom stereocenters. The average molecular weight is 393 g/mol. The number of benzene rings is 3. The van der Waals surface area contributed by atoms with Gasteiger partial charge in [-0.15, -0.1) is 0 Å². The Balaban J connectivity index is 1.73. The van der Waals surface area contributed by atoms with Gasteiger partial charge in [0.2, 0.25) is 0 Å². The predicted molar refractivity (Wildman–Crippen MR) is 115 cm³/mol. The van der Waals surface area contributed by atoms with Crippen LogP contribution in [0.15, 0.2) is 89.5 Å². The maximum Gasteiger partial charge on any atom is 0.268 e. The second kappa shape index (κ2) is 8.89. The Morgan fingerprint density at radius 2 is 1.63 bits per heavy atom. The number of ether oxygens (including phenoxy) is 1. The molecule has 0 unspecified atom stereocenters. The lowest BCUT2D eigenvalue weighted by Crippen LogP contribution is -2.05. The Hall–Kier alpha value is -4.17. The molecule has 0 aliphatic rings. The Bertz CT molecular complexity index is 1150. The van der Waals surface area contributed by atoms with Crippen LogP contribution >= 0.6 is 0 Å². The van der Waals surface area contributed by atoms with Crippen LogP contribution in [0, 0.1) is 11.3 Å². The fraction of sp³-hybridized carbons (Fsp3) is 0.0800. The van der Waals surface area contributed by atoms with Gasteiger partial charge in [0.15, 0.2) is 5.82 Å². The quantitative estimate of drug-likeness (QED) is 0.414. The Morgan fingerprint density at radius 3 is 2.23 bits per heavy atom. The number of nitrogens with zero attached hydrogens (tertiary/aromatic N) is 3. The van der Waals surface area contributed by atoms with Crippen LogP contribution in [0.5, 0.6) is 5.75 Å². The van der Waals surface area contributed by atoms with Crippen LogP contribution in [0.4, 0.5) is 0 Å². The van der Waals surface area contributed by atoms with E-state index in [9.17, 15) is 5.26 Å². The molecule has 0 amide bonds. The molecule has 0 radical (unpaired) electrons. The van der Waals surface area contributed by atoms with Crippen molar-refractivity contribution in [1.82, 2.24) is 10.1 Å². The van der Waals surface area contributed by atoms with E-state index in [0.717, 1.165) is 16.7 Å². The van der Waals surface area contributed by atoms with Crippen LogP contribution in [-0.2, 0) is 0 Å². The van der Waals surface area contributed by atoms with Crippen LogP contribution < -0.4 is 4.74 Å². The predicted octanol–water partition coefficient (Wildman–Crippen LogP) is 5.32. The molecule has 30 heavy (non-hydrogen) atoms. The topological polar surface area (TPSA) is 71.9 Å². The van der Waals surface area contributed by atoms with Crippen molar-refractivity contribution < 1.29 is 9.26 Å². The van der Waals surface area contributed by atoms with Gasteiger partial charge in [-0.3, -0.25) is 0 Å². The lowest BCUT2D eigenvalue weighted by atomic mass is 9.91. The molecular formula is C25H19N3O2. The molecule has 4 rings (SSSR count). The number of allylic oxidation sites excluding steroid dienone is 1. The standard InChI is InChI=1S/C25H19N3O2/c1-29-22-14-8-9-18(16-22)15-21(17-26)25-27-24(28-30-25)23(19-10-4-2-5-11-19)20-12-6-3-7-13-20/h2-16,23H,1H3/b21-15+. The second-order valence-electron chi connectivity index (χ2n) is 6.66. The summed E-state index contributed by atoms with van der Waals surface area (Å²) in [5, 5.41) is 13.9. The van der Waals surface area contributed by atoms with Crippen molar-refractivity contribution in [1.29, 1.82) is 5.26 Å². The highest BCUT2D eigenvalue weighted by molar-refractivity contribution is 5.86. The third-order valence-electron chi connectivity index (χ3n) is 4.72. The zero-order valence-corrected chi connectivity index (χ0v) is 16.4. The van der Waals surface area contributed by atoms with E-state index in [2.05, 4.69) is 16.2 Å². The highest BCUT2D eigenvalue weighted by Gasteiger charge is 2.23. The van der Waals surface area contributed by atoms with E-state index >= 15 is 0 Å². The Morgan fingerprint density at radius 1 is 0.967 bits per heavy atom. The molecule has 0 spiro atoms. The summed E-state index contributed by atoms with van der Waals surface area (Å²) in [7, 11) is 1.60. The van der Waals surface area contributed by atoms with Gasteiger partial charge in [-0.1, -0.05) is 78.0 Å². The molecule has 4 aromatic rings. The van der Waals surface area contributed by atoms with Gasteiger partial charge in [0.25, 0.3) is 5.89 Å². The van der Waals surface area contributed by atoms with E-state index in [1.165, 1.54) is 0 Å². The molecule has 0 aliphatic carbocycles. The van der Waals surface area contributed by atoms with Gasteiger partial charge in [-0.05, 0) is 34.9 Å². The summed E-state index contributed by atoms with van der Waals surface area (Å²) in [6, 6.07) is 29.6. The Kier molecular flexibility index (Phi) is 5.68. The fourth-order valence-electron chi connectivity index (χ4n) is 3.28. The number of aromatic nitrogens is 2. The van der Waals surface area contributed by atoms with Crippen LogP contribution in [0.1, 0.15) is 34.3 Å². The maximum atomic E-state index is 9.67. The van der Waals surface area contributed by atoms with Crippen LogP contribution in [-0.4, -0.2) is 17.3 Å². The van der Waals surface area contributed by atoms with Crippen LogP contribution in [0.25, 0.3) is 11.6 Å². The van der Waals surface area contributed by atoms with E-state index < -0.39 is 0 Å². The highest BCUT2D eigenvalue weighted by Crippen LogP contribution is 2.31. The van der Waals surface area contributed by atoms with Crippen molar-refractivity contribution in [2.45, 2.75) is 5.92 Å². The minimum absolute atomic E-state index is 0.187. The van der Waals surface area contributed by atoms with Crippen molar-refractivity contribution in [3.8, 4) is 11.8 Å². The largest absolute Gasteiger partial charge is 0.497 e. The number of methoxy groups -OCH3 is 1. The first-order valence-corrected chi connectivity index (χ1v) is 9.48. The van der Waals surface area contributed by atoms with Crippen molar-refractivity contribution in [2.75, 3.05) is 7.11 Å². The average Bonchev–Trinajstić information content (AvgIpc) is 3.28. The summed E-state index contributed by atoms with van der Waals surface area (Å²) in [6.07, 6.45) is 1.71. The smallest absolute Gasteiger partial charge is 0.268 e. The number of nitriles is 1. The monoisotopic (exact) mass is 393 g/mol. The maximum absolute atomic E-state index is 9.67. The van der Waals surface area contributed by atoms with Gasteiger partial charge in [0.1, 0.15) is 17.4 Å². The molecule has 1 heterocycles. The molecule has 5 heteroatoms. The van der Waals surface area contributed by atoms with Gasteiger partial charge < -0.3 is 9.26 Å². The first kappa shape index (κ1) is 19.2. The third-order valence-corrected chi connectivity index (χ3v) is 4.72. The molecule has 0 aliphatic heterocycles. The van der Waals surface area contributed by atoms with Gasteiger partial charge in [0.05, 0.1) is 13.0 Å². The molecule has 0 saturated carbocycles. The van der Waals surface area contributed by atoms with E-state index in [1.54, 1.807) is 13.2 Å². The van der Waals surface area contributed by atoms with Gasteiger partial charge in [-0.2, -0.15) is 10.2 Å². The first-order chi connectivity index (χ1) is 14.8. The molecule has 5 nitrogen and oxygen atoms in total. The second-order valence-corrected chi connectivity index (χ2v) is 6.66. The first-order valence-electron chi connectivity index (χ1n) is 9.48. The normalized spacial score (nSPS) is 11.3. The lowest BCUT2D eigenvalue weighted by Gasteiger charge is -2.14. The van der Waals surface area contributed by atoms with E-state index in [0.29, 0.717) is 17.1 Å². The molecule has 0 bridgehead atoms. The van der Waals surface area contributed by atoms with Crippen molar-refractivity contribution in [3.63, 3.8) is 0 Å². The minimum atomic E-state index is -0.193. The SMILES string of the molecule is COc1cccc(/C=C(\C#N)c2nc(C(c3ccccc3)c3ccccc3)no2)c1. The molecular weight excluding hydrogens is 374 g/mol. The van der Waals surface area contributed by atoms with Crippen molar-refractivity contribution >= 4 is 11.6 Å². The summed E-state index contributed by atoms with van der Waals surface area (Å²) in [5.41, 5.74) is 3.20. The molecule has 0 saturated heterocycles. The number of hydrogen-bond donors (Lipinski definition) is 0. The van der Waals surface area contributed by atoms with Crippen LogP contribution in [0.3, 0.4) is 0 Å². The highest BCUT2D eigenvalue weighted by atomic mass is 16.5. The van der Waals surface area contributed by atoms with Gasteiger partial charge in [-0.25, -0.2) is 0 Å². The zero-order valence-electron chi connectivity index (χ0n) is 16.4. The van der Waals surface area contributed by atoms with E-state index in [4.69, 9.17) is 9.26 Å². The molecule has 0 N–H and O–H groups in total. The summed E-state index contributed by atoms with van der Waals surface area (Å²) in [4.78, 5) is 4.57. The van der Waals surface area contributed by atoms with Gasteiger partial charge >= 0.3 is 0 Å². The Labute approximate surface area is 174 Å². The van der Waals surface area contributed by atoms with Crippen LogP contribution in [0.2, 0.25) is 0 Å². The summed E-state index contributed by atoms with van der Waals surface area (Å²) < 4.78 is 10.7. The van der Waals surface area contributed by atoms with Gasteiger partial charge in [0, 0.05) is 0 Å². The summed E-state index contributed by atoms with van der Waals surface area (Å²) >= 11 is 0.